The average molecular weight is 326 g/mol. The van der Waals surface area contributed by atoms with Crippen molar-refractivity contribution in [1.82, 2.24) is 10.2 Å². The van der Waals surface area contributed by atoms with Crippen molar-refractivity contribution >= 4 is 11.8 Å². The Bertz CT molecular complexity index is 575. The van der Waals surface area contributed by atoms with E-state index in [1.54, 1.807) is 0 Å². The molecular formula is C16H20F2N2O3. The van der Waals surface area contributed by atoms with Gasteiger partial charge in [-0.2, -0.15) is 0 Å². The highest BCUT2D eigenvalue weighted by Crippen LogP contribution is 2.22. The molecule has 2 amide bonds. The Morgan fingerprint density at radius 3 is 2.65 bits per heavy atom. The van der Waals surface area contributed by atoms with E-state index in [0.717, 1.165) is 11.1 Å². The number of nitrogens with zero attached hydrogens (tertiary/aromatic N) is 1. The molecule has 1 heterocycles. The van der Waals surface area contributed by atoms with Crippen molar-refractivity contribution in [2.24, 2.45) is 0 Å². The predicted molar refractivity (Wildman–Crippen MR) is 79.8 cm³/mol. The van der Waals surface area contributed by atoms with Gasteiger partial charge >= 0.3 is 0 Å². The first-order valence-corrected chi connectivity index (χ1v) is 7.44. The monoisotopic (exact) mass is 326 g/mol. The summed E-state index contributed by atoms with van der Waals surface area (Å²) in [6.45, 7) is -0.0503. The van der Waals surface area contributed by atoms with Crippen LogP contribution in [0.4, 0.5) is 8.78 Å². The Balaban J connectivity index is 2.01. The number of rotatable bonds is 6. The van der Waals surface area contributed by atoms with Gasteiger partial charge in [-0.25, -0.2) is 8.78 Å². The van der Waals surface area contributed by atoms with Crippen LogP contribution in [0.5, 0.6) is 0 Å². The maximum Gasteiger partial charge on any atom is 0.287 e. The molecule has 1 saturated heterocycles. The molecule has 7 heteroatoms. The number of amides is 2. The summed E-state index contributed by atoms with van der Waals surface area (Å²) in [6, 6.07) is 6.81. The van der Waals surface area contributed by atoms with Gasteiger partial charge in [0.2, 0.25) is 11.8 Å². The molecule has 1 aliphatic rings. The van der Waals surface area contributed by atoms with E-state index in [2.05, 4.69) is 5.32 Å². The van der Waals surface area contributed by atoms with Crippen molar-refractivity contribution in [3.05, 3.63) is 35.4 Å². The zero-order chi connectivity index (χ0) is 17.0. The standard InChI is InChI=1S/C16H20F2N2O3/c1-11-2-4-12(5-3-11)8-20-13(6-7-14(20)22)15(23)19-9-16(17,18)10-21/h2-5,13,21H,6-10H2,1H3,(H,19,23). The van der Waals surface area contributed by atoms with Crippen LogP contribution in [-0.4, -0.2) is 46.9 Å². The van der Waals surface area contributed by atoms with Crippen molar-refractivity contribution in [1.29, 1.82) is 0 Å². The average Bonchev–Trinajstić information content (AvgIpc) is 2.88. The summed E-state index contributed by atoms with van der Waals surface area (Å²) in [5, 5.41) is 10.6. The topological polar surface area (TPSA) is 69.6 Å². The maximum atomic E-state index is 13.0. The van der Waals surface area contributed by atoms with Crippen LogP contribution in [0.25, 0.3) is 0 Å². The molecule has 1 atom stereocenters. The van der Waals surface area contributed by atoms with Gasteiger partial charge < -0.3 is 15.3 Å². The summed E-state index contributed by atoms with van der Waals surface area (Å²) in [4.78, 5) is 25.5. The van der Waals surface area contributed by atoms with Crippen LogP contribution in [0.1, 0.15) is 24.0 Å². The van der Waals surface area contributed by atoms with E-state index in [1.807, 2.05) is 31.2 Å². The minimum absolute atomic E-state index is 0.167. The number of likely N-dealkylation sites (tertiary alicyclic amines) is 1. The van der Waals surface area contributed by atoms with Crippen LogP contribution >= 0.6 is 0 Å². The number of carbonyl (C=O) groups is 2. The molecule has 2 N–H and O–H groups in total. The van der Waals surface area contributed by atoms with Crippen molar-refractivity contribution < 1.29 is 23.5 Å². The first kappa shape index (κ1) is 17.3. The van der Waals surface area contributed by atoms with Crippen LogP contribution in [0.3, 0.4) is 0 Å². The molecule has 1 fully saturated rings. The zero-order valence-corrected chi connectivity index (χ0v) is 12.9. The fourth-order valence-electron chi connectivity index (χ4n) is 2.48. The van der Waals surface area contributed by atoms with E-state index in [9.17, 15) is 18.4 Å². The smallest absolute Gasteiger partial charge is 0.287 e. The molecule has 1 aromatic carbocycles. The van der Waals surface area contributed by atoms with Crippen LogP contribution < -0.4 is 5.32 Å². The van der Waals surface area contributed by atoms with Crippen molar-refractivity contribution in [3.8, 4) is 0 Å². The second-order valence-corrected chi connectivity index (χ2v) is 5.79. The lowest BCUT2D eigenvalue weighted by molar-refractivity contribution is -0.136. The third-order valence-electron chi connectivity index (χ3n) is 3.86. The van der Waals surface area contributed by atoms with Crippen molar-refractivity contribution in [2.45, 2.75) is 38.3 Å². The molecule has 126 valence electrons. The Morgan fingerprint density at radius 2 is 2.04 bits per heavy atom. The molecule has 2 rings (SSSR count). The molecule has 0 aliphatic carbocycles. The highest BCUT2D eigenvalue weighted by atomic mass is 19.3. The fraction of sp³-hybridized carbons (Fsp3) is 0.500. The van der Waals surface area contributed by atoms with E-state index < -0.39 is 31.0 Å². The molecule has 1 unspecified atom stereocenters. The lowest BCUT2D eigenvalue weighted by Gasteiger charge is -2.25. The van der Waals surface area contributed by atoms with E-state index in [1.165, 1.54) is 4.90 Å². The summed E-state index contributed by atoms with van der Waals surface area (Å²) in [5.41, 5.74) is 1.96. The molecular weight excluding hydrogens is 306 g/mol. The van der Waals surface area contributed by atoms with Gasteiger partial charge in [0.15, 0.2) is 0 Å². The van der Waals surface area contributed by atoms with Crippen molar-refractivity contribution in [2.75, 3.05) is 13.2 Å². The third-order valence-corrected chi connectivity index (χ3v) is 3.86. The lowest BCUT2D eigenvalue weighted by atomic mass is 10.1. The second kappa shape index (κ2) is 7.04. The molecule has 1 aliphatic heterocycles. The molecule has 0 aromatic heterocycles. The summed E-state index contributed by atoms with van der Waals surface area (Å²) in [7, 11) is 0. The Labute approximate surface area is 133 Å². The van der Waals surface area contributed by atoms with Crippen molar-refractivity contribution in [3.63, 3.8) is 0 Å². The van der Waals surface area contributed by atoms with Gasteiger partial charge in [-0.15, -0.1) is 0 Å². The first-order valence-electron chi connectivity index (χ1n) is 7.44. The highest BCUT2D eigenvalue weighted by molar-refractivity contribution is 5.90. The van der Waals surface area contributed by atoms with Gasteiger partial charge in [0.1, 0.15) is 12.6 Å². The Kier molecular flexibility index (Phi) is 5.30. The highest BCUT2D eigenvalue weighted by Gasteiger charge is 2.37. The number of alkyl halides is 2. The number of carbonyl (C=O) groups excluding carboxylic acids is 2. The number of hydrogen-bond acceptors (Lipinski definition) is 3. The summed E-state index contributed by atoms with van der Waals surface area (Å²) in [5.74, 6) is -4.14. The number of aliphatic hydroxyl groups excluding tert-OH is 1. The van der Waals surface area contributed by atoms with E-state index in [0.29, 0.717) is 6.42 Å². The normalized spacial score (nSPS) is 18.3. The second-order valence-electron chi connectivity index (χ2n) is 5.79. The molecule has 0 radical (unpaired) electrons. The van der Waals surface area contributed by atoms with Crippen LogP contribution in [-0.2, 0) is 16.1 Å². The molecule has 23 heavy (non-hydrogen) atoms. The molecule has 0 bridgehead atoms. The largest absolute Gasteiger partial charge is 0.390 e. The van der Waals surface area contributed by atoms with Gasteiger partial charge in [-0.3, -0.25) is 9.59 Å². The van der Waals surface area contributed by atoms with Gasteiger partial charge in [-0.05, 0) is 18.9 Å². The SMILES string of the molecule is Cc1ccc(CN2C(=O)CCC2C(=O)NCC(F)(F)CO)cc1. The zero-order valence-electron chi connectivity index (χ0n) is 12.9. The van der Waals surface area contributed by atoms with Crippen LogP contribution in [0, 0.1) is 6.92 Å². The number of hydrogen-bond donors (Lipinski definition) is 2. The predicted octanol–water partition coefficient (Wildman–Crippen LogP) is 1.23. The fourth-order valence-corrected chi connectivity index (χ4v) is 2.48. The maximum absolute atomic E-state index is 13.0. The molecule has 0 spiro atoms. The van der Waals surface area contributed by atoms with Gasteiger partial charge in [0, 0.05) is 13.0 Å². The van der Waals surface area contributed by atoms with E-state index >= 15 is 0 Å². The third kappa shape index (κ3) is 4.48. The number of halogens is 2. The number of aliphatic hydroxyl groups is 1. The Morgan fingerprint density at radius 1 is 1.39 bits per heavy atom. The van der Waals surface area contributed by atoms with Crippen LogP contribution in [0.2, 0.25) is 0 Å². The summed E-state index contributed by atoms with van der Waals surface area (Å²) >= 11 is 0. The summed E-state index contributed by atoms with van der Waals surface area (Å²) < 4.78 is 26.0. The van der Waals surface area contributed by atoms with Gasteiger partial charge in [0.05, 0.1) is 6.54 Å². The summed E-state index contributed by atoms with van der Waals surface area (Å²) in [6.07, 6.45) is 0.529. The first-order chi connectivity index (χ1) is 10.8. The number of nitrogens with one attached hydrogen (secondary N) is 1. The quantitative estimate of drug-likeness (QED) is 0.826. The van der Waals surface area contributed by atoms with Gasteiger partial charge in [-0.1, -0.05) is 29.8 Å². The number of benzene rings is 1. The van der Waals surface area contributed by atoms with Gasteiger partial charge in [0.25, 0.3) is 5.92 Å². The van der Waals surface area contributed by atoms with E-state index in [-0.39, 0.29) is 18.9 Å². The minimum atomic E-state index is -3.36. The lowest BCUT2D eigenvalue weighted by Crippen LogP contribution is -2.48. The molecule has 0 saturated carbocycles. The Hall–Kier alpha value is -2.02. The van der Waals surface area contributed by atoms with E-state index in [4.69, 9.17) is 5.11 Å². The molecule has 1 aromatic rings. The number of aryl methyl sites for hydroxylation is 1. The molecule has 5 nitrogen and oxygen atoms in total. The van der Waals surface area contributed by atoms with Crippen LogP contribution in [0.15, 0.2) is 24.3 Å². The minimum Gasteiger partial charge on any atom is -0.390 e.